The molecule has 2 fully saturated rings. The van der Waals surface area contributed by atoms with Crippen molar-refractivity contribution in [2.24, 2.45) is 0 Å². The van der Waals surface area contributed by atoms with Gasteiger partial charge in [-0.1, -0.05) is 60.7 Å². The summed E-state index contributed by atoms with van der Waals surface area (Å²) < 4.78 is 23.6. The van der Waals surface area contributed by atoms with E-state index in [0.717, 1.165) is 35.8 Å². The number of hydrogen-bond acceptors (Lipinski definition) is 4. The first-order valence-electron chi connectivity index (χ1n) is 14.7. The van der Waals surface area contributed by atoms with Gasteiger partial charge in [-0.05, 0) is 108 Å². The number of aryl methyl sites for hydroxylation is 2. The van der Waals surface area contributed by atoms with Gasteiger partial charge in [-0.2, -0.15) is 0 Å². The van der Waals surface area contributed by atoms with Crippen molar-refractivity contribution >= 4 is 0 Å². The topological polar surface area (TPSA) is 43.5 Å². The SMILES string of the molecule is Cc1cc(C2(c3cc(C)c(OCC4CO4)c(C)c3C)c3ccccc3-c3ccccc32)c(C)c(C)c1OCC1CO1. The predicted octanol–water partition coefficient (Wildman–Crippen LogP) is 7.46. The van der Waals surface area contributed by atoms with Crippen molar-refractivity contribution in [1.82, 2.24) is 0 Å². The molecule has 0 radical (unpaired) electrons. The van der Waals surface area contributed by atoms with Crippen molar-refractivity contribution in [3.8, 4) is 22.6 Å². The van der Waals surface area contributed by atoms with Gasteiger partial charge < -0.3 is 18.9 Å². The molecule has 2 aliphatic heterocycles. The maximum Gasteiger partial charge on any atom is 0.125 e. The summed E-state index contributed by atoms with van der Waals surface area (Å²) in [4.78, 5) is 0. The molecular formula is C37H38O4. The molecule has 0 saturated carbocycles. The summed E-state index contributed by atoms with van der Waals surface area (Å²) in [7, 11) is 0. The Hall–Kier alpha value is -3.60. The molecule has 2 unspecified atom stereocenters. The first kappa shape index (κ1) is 26.3. The van der Waals surface area contributed by atoms with E-state index in [9.17, 15) is 0 Å². The van der Waals surface area contributed by atoms with Crippen LogP contribution in [0.15, 0.2) is 60.7 Å². The van der Waals surface area contributed by atoms with Gasteiger partial charge in [-0.15, -0.1) is 0 Å². The van der Waals surface area contributed by atoms with Crippen molar-refractivity contribution in [1.29, 1.82) is 0 Å². The van der Waals surface area contributed by atoms with E-state index < -0.39 is 5.41 Å². The highest BCUT2D eigenvalue weighted by Gasteiger charge is 2.48. The fraction of sp³-hybridized carbons (Fsp3) is 0.351. The van der Waals surface area contributed by atoms with E-state index in [1.54, 1.807) is 0 Å². The average molecular weight is 547 g/mol. The Bertz CT molecular complexity index is 1550. The average Bonchev–Trinajstić information content (AvgIpc) is 3.91. The lowest BCUT2D eigenvalue weighted by atomic mass is 9.64. The highest BCUT2D eigenvalue weighted by atomic mass is 16.6. The number of hydrogen-bond donors (Lipinski definition) is 0. The van der Waals surface area contributed by atoms with Crippen LogP contribution in [0.5, 0.6) is 11.5 Å². The molecular weight excluding hydrogens is 508 g/mol. The molecule has 0 bridgehead atoms. The normalized spacial score (nSPS) is 19.5. The van der Waals surface area contributed by atoms with E-state index in [0.29, 0.717) is 13.2 Å². The molecule has 3 aliphatic rings. The molecule has 7 rings (SSSR count). The van der Waals surface area contributed by atoms with Gasteiger partial charge in [0.25, 0.3) is 0 Å². The third-order valence-electron chi connectivity index (χ3n) is 9.44. The molecule has 41 heavy (non-hydrogen) atoms. The summed E-state index contributed by atoms with van der Waals surface area (Å²) in [6.07, 6.45) is 0.434. The second kappa shape index (κ2) is 9.75. The zero-order valence-corrected chi connectivity index (χ0v) is 24.9. The van der Waals surface area contributed by atoms with Crippen molar-refractivity contribution < 1.29 is 18.9 Å². The highest BCUT2D eigenvalue weighted by molar-refractivity contribution is 5.87. The predicted molar refractivity (Wildman–Crippen MR) is 163 cm³/mol. The lowest BCUT2D eigenvalue weighted by Gasteiger charge is -2.38. The molecule has 4 heteroatoms. The molecule has 4 aromatic rings. The van der Waals surface area contributed by atoms with Crippen LogP contribution in [0.25, 0.3) is 11.1 Å². The van der Waals surface area contributed by atoms with Crippen LogP contribution in [-0.4, -0.2) is 38.6 Å². The highest BCUT2D eigenvalue weighted by Crippen LogP contribution is 2.58. The van der Waals surface area contributed by atoms with E-state index in [2.05, 4.69) is 102 Å². The van der Waals surface area contributed by atoms with E-state index in [1.165, 1.54) is 55.6 Å². The van der Waals surface area contributed by atoms with Crippen LogP contribution in [0.2, 0.25) is 0 Å². The van der Waals surface area contributed by atoms with Crippen LogP contribution in [0.3, 0.4) is 0 Å². The molecule has 2 heterocycles. The first-order valence-corrected chi connectivity index (χ1v) is 14.7. The van der Waals surface area contributed by atoms with E-state index >= 15 is 0 Å². The van der Waals surface area contributed by atoms with Crippen molar-refractivity contribution in [2.45, 2.75) is 59.2 Å². The van der Waals surface area contributed by atoms with Gasteiger partial charge in [0.2, 0.25) is 0 Å². The van der Waals surface area contributed by atoms with E-state index in [4.69, 9.17) is 18.9 Å². The minimum atomic E-state index is -0.483. The van der Waals surface area contributed by atoms with Gasteiger partial charge >= 0.3 is 0 Å². The molecule has 4 nitrogen and oxygen atoms in total. The maximum absolute atomic E-state index is 6.34. The van der Waals surface area contributed by atoms with Crippen molar-refractivity contribution in [3.63, 3.8) is 0 Å². The summed E-state index contributed by atoms with van der Waals surface area (Å²) in [5, 5.41) is 0. The van der Waals surface area contributed by atoms with Crippen molar-refractivity contribution in [3.05, 3.63) is 116 Å². The number of epoxide rings is 2. The molecule has 4 aromatic carbocycles. The first-order chi connectivity index (χ1) is 19.8. The zero-order chi connectivity index (χ0) is 28.5. The number of ether oxygens (including phenoxy) is 4. The van der Waals surface area contributed by atoms with Crippen LogP contribution < -0.4 is 9.47 Å². The smallest absolute Gasteiger partial charge is 0.125 e. The monoisotopic (exact) mass is 546 g/mol. The van der Waals surface area contributed by atoms with E-state index in [-0.39, 0.29) is 12.2 Å². The zero-order valence-electron chi connectivity index (χ0n) is 24.9. The number of rotatable bonds is 8. The minimum Gasteiger partial charge on any atom is -0.490 e. The van der Waals surface area contributed by atoms with Crippen molar-refractivity contribution in [2.75, 3.05) is 26.4 Å². The molecule has 2 atom stereocenters. The summed E-state index contributed by atoms with van der Waals surface area (Å²) in [6.45, 7) is 16.1. The van der Waals surface area contributed by atoms with Gasteiger partial charge in [0.05, 0.1) is 18.6 Å². The second-order valence-electron chi connectivity index (χ2n) is 12.0. The molecule has 210 valence electrons. The Morgan fingerprint density at radius 3 is 1.37 bits per heavy atom. The van der Waals surface area contributed by atoms with Crippen LogP contribution in [0, 0.1) is 41.5 Å². The summed E-state index contributed by atoms with van der Waals surface area (Å²) in [5.74, 6) is 1.96. The molecule has 0 aromatic heterocycles. The number of benzene rings is 4. The third-order valence-corrected chi connectivity index (χ3v) is 9.44. The Balaban J connectivity index is 1.52. The van der Waals surface area contributed by atoms with E-state index in [1.807, 2.05) is 0 Å². The molecule has 0 N–H and O–H groups in total. The second-order valence-corrected chi connectivity index (χ2v) is 12.0. The van der Waals surface area contributed by atoms with Crippen LogP contribution in [0.4, 0.5) is 0 Å². The minimum absolute atomic E-state index is 0.217. The summed E-state index contributed by atoms with van der Waals surface area (Å²) in [6, 6.07) is 22.7. The molecule has 0 amide bonds. The quantitative estimate of drug-likeness (QED) is 0.190. The lowest BCUT2D eigenvalue weighted by Crippen LogP contribution is -2.31. The fourth-order valence-corrected chi connectivity index (χ4v) is 6.98. The fourth-order valence-electron chi connectivity index (χ4n) is 6.98. The standard InChI is InChI=1S/C37H38O4/c1-21-15-33(23(3)25(5)35(21)40-19-27-17-38-27)37(31-13-9-7-11-29(31)30-12-8-10-14-32(30)37)34-16-22(2)36(26(6)24(34)4)41-20-28-18-39-28/h7-16,27-28H,17-20H2,1-6H3. The Labute approximate surface area is 243 Å². The van der Waals surface area contributed by atoms with Gasteiger partial charge in [0.1, 0.15) is 36.9 Å². The molecule has 1 aliphatic carbocycles. The lowest BCUT2D eigenvalue weighted by molar-refractivity contribution is 0.260. The third kappa shape index (κ3) is 4.11. The Morgan fingerprint density at radius 2 is 0.976 bits per heavy atom. The van der Waals surface area contributed by atoms with Gasteiger partial charge in [-0.25, -0.2) is 0 Å². The number of fused-ring (bicyclic) bond motifs is 3. The summed E-state index contributed by atoms with van der Waals surface area (Å²) >= 11 is 0. The Kier molecular flexibility index (Phi) is 6.26. The van der Waals surface area contributed by atoms with Crippen LogP contribution >= 0.6 is 0 Å². The maximum atomic E-state index is 6.34. The van der Waals surface area contributed by atoms with Gasteiger partial charge in [0.15, 0.2) is 0 Å². The summed E-state index contributed by atoms with van der Waals surface area (Å²) in [5.41, 5.74) is 14.6. The van der Waals surface area contributed by atoms with Crippen LogP contribution in [0.1, 0.15) is 55.6 Å². The molecule has 0 spiro atoms. The van der Waals surface area contributed by atoms with Gasteiger partial charge in [0, 0.05) is 0 Å². The Morgan fingerprint density at radius 1 is 0.585 bits per heavy atom. The largest absolute Gasteiger partial charge is 0.490 e. The molecule has 2 saturated heterocycles. The van der Waals surface area contributed by atoms with Crippen LogP contribution in [-0.2, 0) is 14.9 Å². The van der Waals surface area contributed by atoms with Gasteiger partial charge in [-0.3, -0.25) is 0 Å².